The molecule has 0 bridgehead atoms. The number of hydrogen-bond donors (Lipinski definition) is 4. The molecule has 0 spiro atoms. The smallest absolute Gasteiger partial charge is 0.332 e. The van der Waals surface area contributed by atoms with Gasteiger partial charge in [0, 0.05) is 118 Å². The van der Waals surface area contributed by atoms with Crippen LogP contribution in [0.2, 0.25) is 10.0 Å². The number of ether oxygens (including phenoxy) is 4. The molecule has 2 saturated heterocycles. The van der Waals surface area contributed by atoms with Gasteiger partial charge >= 0.3 is 12.1 Å². The minimum atomic E-state index is -0.514. The summed E-state index contributed by atoms with van der Waals surface area (Å²) in [5, 5.41) is 12.5. The van der Waals surface area contributed by atoms with Crippen LogP contribution in [0.1, 0.15) is 5.56 Å². The van der Waals surface area contributed by atoms with Crippen molar-refractivity contribution in [3.05, 3.63) is 137 Å². The number of terminal acetylenes is 1. The highest BCUT2D eigenvalue weighted by Gasteiger charge is 2.26. The van der Waals surface area contributed by atoms with Gasteiger partial charge in [0.25, 0.3) is 0 Å². The third-order valence-electron chi connectivity index (χ3n) is 13.1. The molecule has 4 amide bonds. The highest BCUT2D eigenvalue weighted by Crippen LogP contribution is 2.44. The predicted molar refractivity (Wildman–Crippen MR) is 315 cm³/mol. The largest absolute Gasteiger partial charge is 0.497 e. The molecule has 4 heterocycles. The van der Waals surface area contributed by atoms with Gasteiger partial charge in [-0.05, 0) is 99.0 Å². The van der Waals surface area contributed by atoms with Gasteiger partial charge in [-0.15, -0.1) is 6.42 Å². The molecule has 410 valence electrons. The van der Waals surface area contributed by atoms with Crippen LogP contribution in [-0.2, 0) is 0 Å². The number of nitrogens with zero attached hydrogens (tertiary/aromatic N) is 10. The monoisotopic (exact) mass is 1110 g/mol. The molecule has 2 aromatic heterocycles. The summed E-state index contributed by atoms with van der Waals surface area (Å²) >= 11 is 12.8. The fraction of sp³-hybridized carbons (Fsp3) is 0.263. The lowest BCUT2D eigenvalue weighted by molar-refractivity contribution is 0.257. The Morgan fingerprint density at radius 1 is 0.557 bits per heavy atom. The Kier molecular flexibility index (Phi) is 19.0. The number of urea groups is 2. The number of hydrogen-bond acceptors (Lipinski definition) is 16. The van der Waals surface area contributed by atoms with Gasteiger partial charge in [-0.25, -0.2) is 34.4 Å². The fourth-order valence-corrected chi connectivity index (χ4v) is 9.09. The molecule has 2 fully saturated rings. The van der Waals surface area contributed by atoms with Crippen LogP contribution < -0.4 is 59.8 Å². The van der Waals surface area contributed by atoms with E-state index in [2.05, 4.69) is 105 Å². The topological polar surface area (TPSA) is 190 Å². The van der Waals surface area contributed by atoms with E-state index in [1.54, 1.807) is 74.8 Å². The minimum Gasteiger partial charge on any atom is -0.497 e. The van der Waals surface area contributed by atoms with Gasteiger partial charge in [0.2, 0.25) is 0 Å². The van der Waals surface area contributed by atoms with E-state index in [0.29, 0.717) is 63.2 Å². The maximum atomic E-state index is 13.8. The van der Waals surface area contributed by atoms with Gasteiger partial charge in [0.1, 0.15) is 69.0 Å². The average Bonchev–Trinajstić information content (AvgIpc) is 3.51. The van der Waals surface area contributed by atoms with E-state index >= 15 is 0 Å². The second-order valence-electron chi connectivity index (χ2n) is 18.2. The third-order valence-corrected chi connectivity index (χ3v) is 13.9. The van der Waals surface area contributed by atoms with E-state index in [-0.39, 0.29) is 15.7 Å². The van der Waals surface area contributed by atoms with E-state index < -0.39 is 12.1 Å². The van der Waals surface area contributed by atoms with Gasteiger partial charge in [0.05, 0.1) is 39.8 Å². The zero-order chi connectivity index (χ0) is 56.0. The molecule has 4 N–H and O–H groups in total. The molecule has 0 radical (unpaired) electrons. The Morgan fingerprint density at radius 3 is 1.52 bits per heavy atom. The van der Waals surface area contributed by atoms with Crippen molar-refractivity contribution in [1.82, 2.24) is 29.7 Å². The van der Waals surface area contributed by atoms with Crippen molar-refractivity contribution in [2.75, 3.05) is 143 Å². The Morgan fingerprint density at radius 2 is 1.04 bits per heavy atom. The summed E-state index contributed by atoms with van der Waals surface area (Å²) in [5.74, 6) is 5.99. The van der Waals surface area contributed by atoms with Gasteiger partial charge in [-0.3, -0.25) is 4.90 Å². The highest BCUT2D eigenvalue weighted by molar-refractivity contribution is 6.41. The number of nitrogens with one attached hydrogen (secondary N) is 4. The number of likely N-dealkylation sites (N-methyl/N-ethyl adjacent to an activating group) is 2. The molecule has 20 nitrogen and oxygen atoms in total. The molecule has 5 aromatic carbocycles. The normalized spacial score (nSPS) is 13.4. The minimum absolute atomic E-state index is 0.153. The van der Waals surface area contributed by atoms with E-state index in [1.807, 2.05) is 24.3 Å². The van der Waals surface area contributed by atoms with Crippen LogP contribution in [0.15, 0.2) is 122 Å². The van der Waals surface area contributed by atoms with Gasteiger partial charge in [0.15, 0.2) is 0 Å². The zero-order valence-electron chi connectivity index (χ0n) is 45.0. The number of benzene rings is 5. The quantitative estimate of drug-likeness (QED) is 0.0709. The fourth-order valence-electron chi connectivity index (χ4n) is 8.50. The molecule has 79 heavy (non-hydrogen) atoms. The molecular formula is C57H62Cl2N14O6. The van der Waals surface area contributed by atoms with Crippen molar-refractivity contribution in [2.24, 2.45) is 0 Å². The number of carbonyl (C=O) groups excluding carboxylic acids is 2. The number of aromatic nitrogens is 4. The van der Waals surface area contributed by atoms with Crippen LogP contribution in [-0.4, -0.2) is 144 Å². The Balaban J connectivity index is 0.000000210. The number of rotatable bonds is 15. The molecule has 2 aliphatic rings. The molecule has 0 saturated carbocycles. The number of methoxy groups -OCH3 is 4. The highest BCUT2D eigenvalue weighted by atomic mass is 35.5. The molecule has 0 atom stereocenters. The van der Waals surface area contributed by atoms with E-state index in [9.17, 15) is 9.59 Å². The van der Waals surface area contributed by atoms with Gasteiger partial charge in [-0.1, -0.05) is 29.1 Å². The van der Waals surface area contributed by atoms with Crippen molar-refractivity contribution >= 4 is 98.3 Å². The number of amides is 4. The van der Waals surface area contributed by atoms with Crippen LogP contribution in [0, 0.1) is 12.3 Å². The van der Waals surface area contributed by atoms with Crippen LogP contribution >= 0.6 is 23.2 Å². The molecule has 9 rings (SSSR count). The van der Waals surface area contributed by atoms with Crippen LogP contribution in [0.3, 0.4) is 0 Å². The summed E-state index contributed by atoms with van der Waals surface area (Å²) in [5.41, 5.74) is 6.03. The average molecular weight is 1110 g/mol. The maximum Gasteiger partial charge on any atom is 0.332 e. The zero-order valence-corrected chi connectivity index (χ0v) is 46.5. The summed E-state index contributed by atoms with van der Waals surface area (Å²) in [6.07, 6.45) is 8.27. The second-order valence-corrected chi connectivity index (χ2v) is 19.0. The molecule has 22 heteroatoms. The van der Waals surface area contributed by atoms with Crippen molar-refractivity contribution < 1.29 is 28.5 Å². The first-order valence-corrected chi connectivity index (χ1v) is 25.8. The first-order valence-electron chi connectivity index (χ1n) is 25.1. The second kappa shape index (κ2) is 26.5. The van der Waals surface area contributed by atoms with Crippen molar-refractivity contribution in [1.29, 1.82) is 0 Å². The lowest BCUT2D eigenvalue weighted by Gasteiger charge is -2.34. The first kappa shape index (κ1) is 56.5. The predicted octanol–water partition coefficient (Wildman–Crippen LogP) is 10.3. The maximum absolute atomic E-state index is 13.8. The Labute approximate surface area is 470 Å². The van der Waals surface area contributed by atoms with Crippen molar-refractivity contribution in [3.8, 4) is 35.3 Å². The van der Waals surface area contributed by atoms with E-state index in [4.69, 9.17) is 48.6 Å². The Bertz CT molecular complexity index is 3220. The Hall–Kier alpha value is -8.74. The van der Waals surface area contributed by atoms with Crippen molar-refractivity contribution in [2.45, 2.75) is 0 Å². The summed E-state index contributed by atoms with van der Waals surface area (Å²) in [6, 6.07) is 32.6. The van der Waals surface area contributed by atoms with E-state index in [1.165, 1.54) is 55.2 Å². The lowest BCUT2D eigenvalue weighted by atomic mass is 10.2. The lowest BCUT2D eigenvalue weighted by Crippen LogP contribution is -2.44. The molecule has 2 aliphatic heterocycles. The summed E-state index contributed by atoms with van der Waals surface area (Å²) in [6.45, 7) is 8.20. The third kappa shape index (κ3) is 14.3. The van der Waals surface area contributed by atoms with Crippen LogP contribution in [0.25, 0.3) is 0 Å². The van der Waals surface area contributed by atoms with Crippen molar-refractivity contribution in [3.63, 3.8) is 0 Å². The number of piperazine rings is 2. The standard InChI is InChI=1S/C32H33N7O3.C25H29Cl2N7O3/c1-5-23-6-8-25(9-7-23)36-32(40)39(28-15-14-27(41-3)20-29(28)42-4)31-21-30(33-22-34-31)35-24-10-12-26(13-11-24)38-18-16-37(2)17-19-38;1-32-9-11-34(12-10-32)17-7-5-16(6-8-17)30-20-14-21(29-15-28-20)33(2)25(35)31-24-22(26)18(36-3)13-19(37-4)23(24)27/h1,6-15,20-22H,16-19H2,2-4H3,(H,36,40)(H,33,34,35);5-8,13-15H,9-12H2,1-4H3,(H,31,35)(H,28,29,30). The van der Waals surface area contributed by atoms with Gasteiger partial charge in [-0.2, -0.15) is 0 Å². The van der Waals surface area contributed by atoms with Crippen LogP contribution in [0.4, 0.5) is 72.7 Å². The van der Waals surface area contributed by atoms with E-state index in [0.717, 1.165) is 63.7 Å². The summed E-state index contributed by atoms with van der Waals surface area (Å²) < 4.78 is 21.5. The summed E-state index contributed by atoms with van der Waals surface area (Å²) in [4.78, 5) is 56.3. The van der Waals surface area contributed by atoms with Crippen LogP contribution in [0.5, 0.6) is 23.0 Å². The number of anilines is 11. The molecular weight excluding hydrogens is 1050 g/mol. The number of halogens is 2. The first-order chi connectivity index (χ1) is 38.3. The van der Waals surface area contributed by atoms with Gasteiger partial charge < -0.3 is 59.8 Å². The number of carbonyl (C=O) groups is 2. The SMILES string of the molecule is C#Cc1ccc(NC(=O)N(c2cc(Nc3ccc(N4CCN(C)CC4)cc3)ncn2)c2ccc(OC)cc2OC)cc1.COc1cc(OC)c(Cl)c(NC(=O)N(C)c2cc(Nc3ccc(N4CCN(C)CC4)cc3)ncn2)c1Cl. The molecule has 0 aliphatic carbocycles. The molecule has 7 aromatic rings. The summed E-state index contributed by atoms with van der Waals surface area (Å²) in [7, 11) is 11.9. The molecule has 0 unspecified atom stereocenters.